The molecule has 1 heterocycles. The Morgan fingerprint density at radius 3 is 2.59 bits per heavy atom. The minimum atomic E-state index is -0.170. The van der Waals surface area contributed by atoms with Gasteiger partial charge in [-0.15, -0.1) is 5.10 Å². The van der Waals surface area contributed by atoms with E-state index in [2.05, 4.69) is 20.5 Å². The second-order valence-corrected chi connectivity index (χ2v) is 6.79. The number of aromatic nitrogens is 3. The van der Waals surface area contributed by atoms with E-state index in [-0.39, 0.29) is 11.7 Å². The summed E-state index contributed by atoms with van der Waals surface area (Å²) in [4.78, 5) is 16.5. The molecule has 0 aliphatic rings. The molecule has 0 bridgehead atoms. The standard InChI is InChI=1S/C18H17ClN4O3S/c1-25-14-6-11(7-15(9-14)26-2)17-21-18(23-22-17)27-10-16(24)20-13-5-3-4-12(19)8-13/h3-9H,10H2,1-2H3,(H,20,24)(H,21,22,23). The molecule has 140 valence electrons. The molecule has 0 spiro atoms. The first-order chi connectivity index (χ1) is 13.1. The fourth-order valence-corrected chi connectivity index (χ4v) is 3.07. The molecule has 3 aromatic rings. The van der Waals surface area contributed by atoms with Crippen LogP contribution in [0.15, 0.2) is 47.6 Å². The van der Waals surface area contributed by atoms with Crippen LogP contribution in [0.2, 0.25) is 5.02 Å². The highest BCUT2D eigenvalue weighted by atomic mass is 35.5. The van der Waals surface area contributed by atoms with Gasteiger partial charge in [0.25, 0.3) is 0 Å². The van der Waals surface area contributed by atoms with Crippen LogP contribution in [-0.4, -0.2) is 41.1 Å². The monoisotopic (exact) mass is 404 g/mol. The van der Waals surface area contributed by atoms with Crippen molar-refractivity contribution in [3.8, 4) is 22.9 Å². The molecule has 7 nitrogen and oxygen atoms in total. The van der Waals surface area contributed by atoms with E-state index < -0.39 is 0 Å². The molecule has 0 aliphatic carbocycles. The Morgan fingerprint density at radius 2 is 1.93 bits per heavy atom. The van der Waals surface area contributed by atoms with Crippen molar-refractivity contribution in [3.63, 3.8) is 0 Å². The molecule has 9 heteroatoms. The van der Waals surface area contributed by atoms with E-state index in [4.69, 9.17) is 21.1 Å². The Labute approximate surface area is 165 Å². The third-order valence-electron chi connectivity index (χ3n) is 3.53. The highest BCUT2D eigenvalue weighted by Gasteiger charge is 2.11. The van der Waals surface area contributed by atoms with Gasteiger partial charge < -0.3 is 14.8 Å². The lowest BCUT2D eigenvalue weighted by atomic mass is 10.2. The molecule has 2 aromatic carbocycles. The van der Waals surface area contributed by atoms with Gasteiger partial charge in [0.05, 0.1) is 20.0 Å². The number of H-pyrrole nitrogens is 1. The Morgan fingerprint density at radius 1 is 1.19 bits per heavy atom. The number of thioether (sulfide) groups is 1. The zero-order valence-corrected chi connectivity index (χ0v) is 16.2. The van der Waals surface area contributed by atoms with Gasteiger partial charge in [-0.1, -0.05) is 29.4 Å². The summed E-state index contributed by atoms with van der Waals surface area (Å²) in [6.45, 7) is 0. The van der Waals surface area contributed by atoms with Crippen LogP contribution in [0, 0.1) is 0 Å². The second-order valence-electron chi connectivity index (χ2n) is 5.42. The number of hydrogen-bond acceptors (Lipinski definition) is 6. The zero-order valence-electron chi connectivity index (χ0n) is 14.7. The Bertz CT molecular complexity index is 926. The topological polar surface area (TPSA) is 89.1 Å². The number of nitrogens with one attached hydrogen (secondary N) is 2. The fraction of sp³-hybridized carbons (Fsp3) is 0.167. The van der Waals surface area contributed by atoms with Crippen molar-refractivity contribution < 1.29 is 14.3 Å². The first kappa shape index (κ1) is 19.1. The minimum absolute atomic E-state index is 0.170. The summed E-state index contributed by atoms with van der Waals surface area (Å²) >= 11 is 7.13. The maximum Gasteiger partial charge on any atom is 0.234 e. The zero-order chi connectivity index (χ0) is 19.2. The third kappa shape index (κ3) is 5.15. The van der Waals surface area contributed by atoms with E-state index in [1.54, 1.807) is 44.6 Å². The number of amides is 1. The summed E-state index contributed by atoms with van der Waals surface area (Å²) in [5, 5.41) is 10.8. The summed E-state index contributed by atoms with van der Waals surface area (Å²) in [5.74, 6) is 1.86. The van der Waals surface area contributed by atoms with E-state index in [0.29, 0.717) is 33.2 Å². The third-order valence-corrected chi connectivity index (χ3v) is 4.61. The van der Waals surface area contributed by atoms with E-state index in [0.717, 1.165) is 5.56 Å². The van der Waals surface area contributed by atoms with E-state index in [1.165, 1.54) is 11.8 Å². The quantitative estimate of drug-likeness (QED) is 0.581. The Kier molecular flexibility index (Phi) is 6.20. The summed E-state index contributed by atoms with van der Waals surface area (Å²) < 4.78 is 10.5. The molecule has 0 saturated heterocycles. The average Bonchev–Trinajstić information content (AvgIpc) is 3.15. The number of methoxy groups -OCH3 is 2. The summed E-state index contributed by atoms with van der Waals surface area (Å²) in [6, 6.07) is 12.4. The number of hydrogen-bond donors (Lipinski definition) is 2. The van der Waals surface area contributed by atoms with Crippen molar-refractivity contribution in [2.75, 3.05) is 25.3 Å². The van der Waals surface area contributed by atoms with Crippen molar-refractivity contribution in [2.24, 2.45) is 0 Å². The maximum absolute atomic E-state index is 12.1. The highest BCUT2D eigenvalue weighted by Crippen LogP contribution is 2.28. The second kappa shape index (κ2) is 8.79. The molecule has 27 heavy (non-hydrogen) atoms. The molecular weight excluding hydrogens is 388 g/mol. The van der Waals surface area contributed by atoms with E-state index in [1.807, 2.05) is 12.1 Å². The maximum atomic E-state index is 12.1. The largest absolute Gasteiger partial charge is 0.497 e. The van der Waals surface area contributed by atoms with Gasteiger partial charge in [-0.2, -0.15) is 0 Å². The highest BCUT2D eigenvalue weighted by molar-refractivity contribution is 7.99. The Balaban J connectivity index is 1.63. The summed E-state index contributed by atoms with van der Waals surface area (Å²) in [5.41, 5.74) is 1.42. The average molecular weight is 405 g/mol. The minimum Gasteiger partial charge on any atom is -0.497 e. The van der Waals surface area contributed by atoms with Gasteiger partial charge in [0.2, 0.25) is 11.1 Å². The van der Waals surface area contributed by atoms with Gasteiger partial charge in [0, 0.05) is 22.3 Å². The molecule has 0 atom stereocenters. The van der Waals surface area contributed by atoms with Crippen molar-refractivity contribution in [2.45, 2.75) is 5.16 Å². The number of benzene rings is 2. The lowest BCUT2D eigenvalue weighted by Crippen LogP contribution is -2.14. The van der Waals surface area contributed by atoms with Gasteiger partial charge >= 0.3 is 0 Å². The molecule has 1 aromatic heterocycles. The lowest BCUT2D eigenvalue weighted by Gasteiger charge is -2.06. The number of aromatic amines is 1. The molecule has 2 N–H and O–H groups in total. The van der Waals surface area contributed by atoms with Crippen LogP contribution in [0.3, 0.4) is 0 Å². The summed E-state index contributed by atoms with van der Waals surface area (Å²) in [6.07, 6.45) is 0. The number of halogens is 1. The fourth-order valence-electron chi connectivity index (χ4n) is 2.28. The number of ether oxygens (including phenoxy) is 2. The number of carbonyl (C=O) groups is 1. The van der Waals surface area contributed by atoms with Gasteiger partial charge in [0.1, 0.15) is 11.5 Å². The van der Waals surface area contributed by atoms with Gasteiger partial charge in [-0.25, -0.2) is 4.98 Å². The van der Waals surface area contributed by atoms with Crippen LogP contribution < -0.4 is 14.8 Å². The number of carbonyl (C=O) groups excluding carboxylic acids is 1. The molecule has 0 aliphatic heterocycles. The Hall–Kier alpha value is -2.71. The number of rotatable bonds is 7. The summed E-state index contributed by atoms with van der Waals surface area (Å²) in [7, 11) is 3.16. The van der Waals surface area contributed by atoms with Crippen molar-refractivity contribution in [1.29, 1.82) is 0 Å². The molecular formula is C18H17ClN4O3S. The smallest absolute Gasteiger partial charge is 0.234 e. The van der Waals surface area contributed by atoms with Crippen LogP contribution >= 0.6 is 23.4 Å². The van der Waals surface area contributed by atoms with Crippen LogP contribution in [0.5, 0.6) is 11.5 Å². The predicted molar refractivity (Wildman–Crippen MR) is 106 cm³/mol. The SMILES string of the molecule is COc1cc(OC)cc(-c2nc(SCC(=O)Nc3cccc(Cl)c3)n[nH]2)c1. The lowest BCUT2D eigenvalue weighted by molar-refractivity contribution is -0.113. The van der Waals surface area contributed by atoms with Crippen LogP contribution in [-0.2, 0) is 4.79 Å². The molecule has 1 amide bonds. The van der Waals surface area contributed by atoms with Gasteiger partial charge in [0.15, 0.2) is 5.82 Å². The molecule has 0 radical (unpaired) electrons. The normalized spacial score (nSPS) is 10.5. The van der Waals surface area contributed by atoms with Crippen LogP contribution in [0.4, 0.5) is 5.69 Å². The van der Waals surface area contributed by atoms with Crippen LogP contribution in [0.25, 0.3) is 11.4 Å². The van der Waals surface area contributed by atoms with E-state index >= 15 is 0 Å². The van der Waals surface area contributed by atoms with Crippen molar-refractivity contribution in [3.05, 3.63) is 47.5 Å². The molecule has 0 unspecified atom stereocenters. The number of anilines is 1. The molecule has 0 saturated carbocycles. The molecule has 0 fully saturated rings. The van der Waals surface area contributed by atoms with Crippen molar-refractivity contribution >= 4 is 35.0 Å². The number of nitrogens with zero attached hydrogens (tertiary/aromatic N) is 2. The van der Waals surface area contributed by atoms with E-state index in [9.17, 15) is 4.79 Å². The van der Waals surface area contributed by atoms with Gasteiger partial charge in [-0.3, -0.25) is 9.89 Å². The van der Waals surface area contributed by atoms with Crippen molar-refractivity contribution in [1.82, 2.24) is 15.2 Å². The van der Waals surface area contributed by atoms with Crippen LogP contribution in [0.1, 0.15) is 0 Å². The predicted octanol–water partition coefficient (Wildman–Crippen LogP) is 3.87. The molecule has 3 rings (SSSR count). The first-order valence-corrected chi connectivity index (χ1v) is 9.28. The first-order valence-electron chi connectivity index (χ1n) is 7.91. The van der Waals surface area contributed by atoms with Gasteiger partial charge in [-0.05, 0) is 30.3 Å².